The Morgan fingerprint density at radius 3 is 2.26 bits per heavy atom. The molecule has 0 unspecified atom stereocenters. The van der Waals surface area contributed by atoms with E-state index >= 15 is 0 Å². The van der Waals surface area contributed by atoms with E-state index in [9.17, 15) is 9.59 Å². The minimum atomic E-state index is -0.397. The number of nitrogens with one attached hydrogen (secondary N) is 3. The molecule has 8 nitrogen and oxygen atoms in total. The highest BCUT2D eigenvalue weighted by atomic mass is 35.5. The summed E-state index contributed by atoms with van der Waals surface area (Å²) < 4.78 is 5.26. The van der Waals surface area contributed by atoms with Crippen LogP contribution in [-0.2, 0) is 0 Å². The van der Waals surface area contributed by atoms with Crippen molar-refractivity contribution in [3.63, 3.8) is 0 Å². The van der Waals surface area contributed by atoms with Gasteiger partial charge in [-0.05, 0) is 61.0 Å². The van der Waals surface area contributed by atoms with E-state index in [0.717, 1.165) is 30.0 Å². The van der Waals surface area contributed by atoms with Gasteiger partial charge in [-0.3, -0.25) is 0 Å². The van der Waals surface area contributed by atoms with E-state index in [1.165, 1.54) is 7.11 Å². The number of hydrogen-bond donors (Lipinski definition) is 3. The first-order valence-electron chi connectivity index (χ1n) is 11.3. The van der Waals surface area contributed by atoms with Crippen LogP contribution < -0.4 is 25.6 Å². The predicted octanol–water partition coefficient (Wildman–Crippen LogP) is 5.66. The number of aryl methyl sites for hydroxylation is 1. The number of urea groups is 2. The molecule has 0 saturated carbocycles. The SMILES string of the molecule is COc1ccc(Cl)cc1NC(=O)Nc1ccc(N2CCN(C(=O)Nc3ccccc3C)CC2)cc1. The van der Waals surface area contributed by atoms with E-state index in [1.54, 1.807) is 18.2 Å². The standard InChI is InChI=1S/C26H28ClN5O3/c1-18-5-3-4-6-22(18)30-26(34)32-15-13-31(14-16-32)21-10-8-20(9-11-21)28-25(33)29-23-17-19(27)7-12-24(23)35-2/h3-12,17H,13-16H2,1-2H3,(H,30,34)(H2,28,29,33). The first kappa shape index (κ1) is 24.2. The van der Waals surface area contributed by atoms with Crippen LogP contribution in [0.15, 0.2) is 66.7 Å². The number of amides is 4. The second-order valence-electron chi connectivity index (χ2n) is 8.19. The third kappa shape index (κ3) is 6.16. The maximum Gasteiger partial charge on any atom is 0.323 e. The largest absolute Gasteiger partial charge is 0.495 e. The molecule has 0 radical (unpaired) electrons. The van der Waals surface area contributed by atoms with E-state index < -0.39 is 6.03 Å². The monoisotopic (exact) mass is 493 g/mol. The molecule has 0 atom stereocenters. The van der Waals surface area contributed by atoms with Crippen LogP contribution in [0.5, 0.6) is 5.75 Å². The molecular formula is C26H28ClN5O3. The number of carbonyl (C=O) groups is 2. The van der Waals surface area contributed by atoms with Gasteiger partial charge in [0.05, 0.1) is 12.8 Å². The Morgan fingerprint density at radius 2 is 1.57 bits per heavy atom. The smallest absolute Gasteiger partial charge is 0.323 e. The number of ether oxygens (including phenoxy) is 1. The fraction of sp³-hybridized carbons (Fsp3) is 0.231. The number of rotatable bonds is 5. The Bertz CT molecular complexity index is 1190. The van der Waals surface area contributed by atoms with Crippen LogP contribution in [0.4, 0.5) is 32.3 Å². The highest BCUT2D eigenvalue weighted by Gasteiger charge is 2.21. The third-order valence-electron chi connectivity index (χ3n) is 5.85. The summed E-state index contributed by atoms with van der Waals surface area (Å²) in [6.07, 6.45) is 0. The molecule has 1 heterocycles. The normalized spacial score (nSPS) is 13.2. The zero-order valence-corrected chi connectivity index (χ0v) is 20.4. The second kappa shape index (κ2) is 11.0. The summed E-state index contributed by atoms with van der Waals surface area (Å²) in [5.74, 6) is 0.520. The maximum atomic E-state index is 12.6. The first-order chi connectivity index (χ1) is 16.9. The summed E-state index contributed by atoms with van der Waals surface area (Å²) in [5, 5.41) is 9.06. The van der Waals surface area contributed by atoms with E-state index in [0.29, 0.717) is 35.2 Å². The molecule has 3 aromatic carbocycles. The fourth-order valence-electron chi connectivity index (χ4n) is 3.89. The molecular weight excluding hydrogens is 466 g/mol. The Labute approximate surface area is 209 Å². The van der Waals surface area contributed by atoms with Gasteiger partial charge >= 0.3 is 12.1 Å². The van der Waals surface area contributed by atoms with E-state index in [4.69, 9.17) is 16.3 Å². The number of nitrogens with zero attached hydrogens (tertiary/aromatic N) is 2. The summed E-state index contributed by atoms with van der Waals surface area (Å²) in [4.78, 5) is 29.1. The Hall–Kier alpha value is -3.91. The molecule has 1 aliphatic heterocycles. The van der Waals surface area contributed by atoms with Crippen molar-refractivity contribution in [3.8, 4) is 5.75 Å². The molecule has 35 heavy (non-hydrogen) atoms. The Morgan fingerprint density at radius 1 is 0.857 bits per heavy atom. The van der Waals surface area contributed by atoms with E-state index in [-0.39, 0.29) is 6.03 Å². The molecule has 0 aromatic heterocycles. The van der Waals surface area contributed by atoms with Gasteiger partial charge < -0.3 is 30.5 Å². The molecule has 1 aliphatic rings. The number of halogens is 1. The Balaban J connectivity index is 1.29. The first-order valence-corrected chi connectivity index (χ1v) is 11.7. The van der Waals surface area contributed by atoms with Crippen LogP contribution in [-0.4, -0.2) is 50.3 Å². The average molecular weight is 494 g/mol. The van der Waals surface area contributed by atoms with Crippen molar-refractivity contribution in [2.45, 2.75) is 6.92 Å². The van der Waals surface area contributed by atoms with Gasteiger partial charge in [-0.25, -0.2) is 9.59 Å². The van der Waals surface area contributed by atoms with Crippen molar-refractivity contribution in [1.82, 2.24) is 4.90 Å². The number of benzene rings is 3. The van der Waals surface area contributed by atoms with Gasteiger partial charge in [0.2, 0.25) is 0 Å². The number of piperazine rings is 1. The summed E-state index contributed by atoms with van der Waals surface area (Å²) in [7, 11) is 1.53. The van der Waals surface area contributed by atoms with Crippen LogP contribution in [0.1, 0.15) is 5.56 Å². The van der Waals surface area contributed by atoms with E-state index in [2.05, 4.69) is 20.9 Å². The summed E-state index contributed by atoms with van der Waals surface area (Å²) >= 11 is 6.02. The van der Waals surface area contributed by atoms with Crippen molar-refractivity contribution >= 4 is 46.4 Å². The summed E-state index contributed by atoms with van der Waals surface area (Å²) in [6.45, 7) is 4.68. The molecule has 4 rings (SSSR count). The molecule has 4 amide bonds. The average Bonchev–Trinajstić information content (AvgIpc) is 2.86. The van der Waals surface area contributed by atoms with Crippen molar-refractivity contribution < 1.29 is 14.3 Å². The zero-order chi connectivity index (χ0) is 24.8. The minimum Gasteiger partial charge on any atom is -0.495 e. The quantitative estimate of drug-likeness (QED) is 0.428. The lowest BCUT2D eigenvalue weighted by Crippen LogP contribution is -2.50. The highest BCUT2D eigenvalue weighted by Crippen LogP contribution is 2.28. The number of para-hydroxylation sites is 1. The summed E-state index contributed by atoms with van der Waals surface area (Å²) in [5.41, 5.74) is 4.04. The summed E-state index contributed by atoms with van der Waals surface area (Å²) in [6, 6.07) is 19.9. The third-order valence-corrected chi connectivity index (χ3v) is 6.09. The van der Waals surface area contributed by atoms with Gasteiger partial charge in [-0.1, -0.05) is 29.8 Å². The van der Waals surface area contributed by atoms with Crippen LogP contribution >= 0.6 is 11.6 Å². The molecule has 3 N–H and O–H groups in total. The fourth-order valence-corrected chi connectivity index (χ4v) is 4.07. The van der Waals surface area contributed by atoms with Gasteiger partial charge in [0.1, 0.15) is 5.75 Å². The van der Waals surface area contributed by atoms with Crippen molar-refractivity contribution in [2.24, 2.45) is 0 Å². The zero-order valence-electron chi connectivity index (χ0n) is 19.7. The molecule has 182 valence electrons. The topological polar surface area (TPSA) is 85.9 Å². The predicted molar refractivity (Wildman–Crippen MR) is 141 cm³/mol. The molecule has 3 aromatic rings. The number of methoxy groups -OCH3 is 1. The molecule has 1 fully saturated rings. The van der Waals surface area contributed by atoms with Crippen LogP contribution in [0.2, 0.25) is 5.02 Å². The molecule has 0 bridgehead atoms. The lowest BCUT2D eigenvalue weighted by atomic mass is 10.2. The van der Waals surface area contributed by atoms with Crippen LogP contribution in [0.3, 0.4) is 0 Å². The van der Waals surface area contributed by atoms with Gasteiger partial charge in [0, 0.05) is 48.3 Å². The molecule has 0 aliphatic carbocycles. The second-order valence-corrected chi connectivity index (χ2v) is 8.63. The Kier molecular flexibility index (Phi) is 7.62. The van der Waals surface area contributed by atoms with E-state index in [1.807, 2.05) is 60.4 Å². The molecule has 9 heteroatoms. The number of hydrogen-bond acceptors (Lipinski definition) is 4. The lowest BCUT2D eigenvalue weighted by Gasteiger charge is -2.36. The lowest BCUT2D eigenvalue weighted by molar-refractivity contribution is 0.208. The van der Waals surface area contributed by atoms with Gasteiger partial charge in [0.25, 0.3) is 0 Å². The van der Waals surface area contributed by atoms with Gasteiger partial charge in [-0.15, -0.1) is 0 Å². The molecule has 1 saturated heterocycles. The van der Waals surface area contributed by atoms with Crippen LogP contribution in [0.25, 0.3) is 0 Å². The maximum absolute atomic E-state index is 12.6. The minimum absolute atomic E-state index is 0.0826. The highest BCUT2D eigenvalue weighted by molar-refractivity contribution is 6.31. The number of carbonyl (C=O) groups excluding carboxylic acids is 2. The van der Waals surface area contributed by atoms with Gasteiger partial charge in [0.15, 0.2) is 0 Å². The van der Waals surface area contributed by atoms with Crippen molar-refractivity contribution in [1.29, 1.82) is 0 Å². The van der Waals surface area contributed by atoms with Gasteiger partial charge in [-0.2, -0.15) is 0 Å². The van der Waals surface area contributed by atoms with Crippen LogP contribution in [0, 0.1) is 6.92 Å². The van der Waals surface area contributed by atoms with Crippen molar-refractivity contribution in [3.05, 3.63) is 77.3 Å². The molecule has 0 spiro atoms. The number of anilines is 4. The van der Waals surface area contributed by atoms with Crippen molar-refractivity contribution in [2.75, 3.05) is 54.1 Å².